The molecular formula is C76H148O17P2. The Morgan fingerprint density at radius 3 is 0.800 bits per heavy atom. The highest BCUT2D eigenvalue weighted by molar-refractivity contribution is 7.47. The van der Waals surface area contributed by atoms with Gasteiger partial charge in [-0.05, 0) is 37.5 Å². The van der Waals surface area contributed by atoms with Crippen LogP contribution in [-0.4, -0.2) is 96.7 Å². The fraction of sp³-hybridized carbons (Fsp3) is 0.947. The number of unbranched alkanes of at least 4 members (excludes halogenated alkanes) is 44. The van der Waals surface area contributed by atoms with Gasteiger partial charge in [0.2, 0.25) is 0 Å². The predicted octanol–water partition coefficient (Wildman–Crippen LogP) is 22.3. The maximum absolute atomic E-state index is 13.1. The quantitative estimate of drug-likeness (QED) is 0.0222. The molecule has 19 heteroatoms. The lowest BCUT2D eigenvalue weighted by atomic mass is 9.99. The van der Waals surface area contributed by atoms with Crippen LogP contribution in [0.5, 0.6) is 0 Å². The Bertz CT molecular complexity index is 1840. The highest BCUT2D eigenvalue weighted by Crippen LogP contribution is 2.45. The molecule has 0 aliphatic carbocycles. The van der Waals surface area contributed by atoms with Gasteiger partial charge >= 0.3 is 39.5 Å². The third-order valence-electron chi connectivity index (χ3n) is 18.1. The van der Waals surface area contributed by atoms with E-state index in [1.165, 1.54) is 212 Å². The molecule has 0 saturated carbocycles. The summed E-state index contributed by atoms with van der Waals surface area (Å²) in [5, 5.41) is 10.6. The fourth-order valence-electron chi connectivity index (χ4n) is 11.6. The van der Waals surface area contributed by atoms with Crippen LogP contribution in [0.1, 0.15) is 395 Å². The number of aliphatic hydroxyl groups excluding tert-OH is 1. The second-order valence-corrected chi connectivity index (χ2v) is 31.0. The second kappa shape index (κ2) is 67.9. The Labute approximate surface area is 581 Å². The number of hydrogen-bond donors (Lipinski definition) is 3. The summed E-state index contributed by atoms with van der Waals surface area (Å²) in [6.07, 6.45) is 55.3. The van der Waals surface area contributed by atoms with Crippen molar-refractivity contribution in [3.8, 4) is 0 Å². The van der Waals surface area contributed by atoms with E-state index in [1.54, 1.807) is 0 Å². The fourth-order valence-corrected chi connectivity index (χ4v) is 13.2. The Kier molecular flexibility index (Phi) is 66.5. The normalized spacial score (nSPS) is 14.3. The van der Waals surface area contributed by atoms with E-state index >= 15 is 0 Å². The molecule has 0 fully saturated rings. The zero-order valence-electron chi connectivity index (χ0n) is 62.0. The first-order chi connectivity index (χ1) is 45.9. The lowest BCUT2D eigenvalue weighted by Gasteiger charge is -2.21. The van der Waals surface area contributed by atoms with Crippen molar-refractivity contribution in [2.75, 3.05) is 39.6 Å². The molecule has 6 atom stereocenters. The summed E-state index contributed by atoms with van der Waals surface area (Å²) in [7, 11) is -9.91. The van der Waals surface area contributed by atoms with Gasteiger partial charge in [0, 0.05) is 25.7 Å². The van der Waals surface area contributed by atoms with E-state index in [9.17, 15) is 43.2 Å². The van der Waals surface area contributed by atoms with Crippen molar-refractivity contribution in [1.29, 1.82) is 0 Å². The largest absolute Gasteiger partial charge is 0.472 e. The van der Waals surface area contributed by atoms with E-state index in [1.807, 2.05) is 0 Å². The van der Waals surface area contributed by atoms with Crippen LogP contribution in [0.4, 0.5) is 0 Å². The summed E-state index contributed by atoms with van der Waals surface area (Å²) in [6, 6.07) is 0. The van der Waals surface area contributed by atoms with Crippen molar-refractivity contribution in [2.24, 2.45) is 11.8 Å². The highest BCUT2D eigenvalue weighted by Gasteiger charge is 2.30. The molecule has 95 heavy (non-hydrogen) atoms. The number of rotatable bonds is 75. The zero-order chi connectivity index (χ0) is 70.0. The predicted molar refractivity (Wildman–Crippen MR) is 386 cm³/mol. The molecule has 0 aliphatic rings. The summed E-state index contributed by atoms with van der Waals surface area (Å²) in [5.74, 6) is -0.585. The number of aliphatic hydroxyl groups is 1. The van der Waals surface area contributed by atoms with E-state index in [2.05, 4.69) is 41.5 Å². The number of carbonyl (C=O) groups excluding carboxylic acids is 4. The van der Waals surface area contributed by atoms with Crippen LogP contribution < -0.4 is 0 Å². The molecule has 0 rings (SSSR count). The summed E-state index contributed by atoms with van der Waals surface area (Å²) >= 11 is 0. The molecule has 3 N–H and O–H groups in total. The third kappa shape index (κ3) is 69.0. The lowest BCUT2D eigenvalue weighted by molar-refractivity contribution is -0.161. The van der Waals surface area contributed by atoms with Crippen molar-refractivity contribution in [3.05, 3.63) is 0 Å². The Morgan fingerprint density at radius 1 is 0.305 bits per heavy atom. The topological polar surface area (TPSA) is 237 Å². The molecule has 0 saturated heterocycles. The van der Waals surface area contributed by atoms with Crippen LogP contribution in [0.25, 0.3) is 0 Å². The minimum absolute atomic E-state index is 0.106. The van der Waals surface area contributed by atoms with E-state index < -0.39 is 97.5 Å². The van der Waals surface area contributed by atoms with Gasteiger partial charge in [-0.25, -0.2) is 9.13 Å². The molecule has 0 radical (unpaired) electrons. The molecule has 0 aliphatic heterocycles. The van der Waals surface area contributed by atoms with Gasteiger partial charge in [-0.15, -0.1) is 0 Å². The maximum atomic E-state index is 13.1. The summed E-state index contributed by atoms with van der Waals surface area (Å²) in [6.45, 7) is 9.60. The van der Waals surface area contributed by atoms with Crippen LogP contribution in [0.3, 0.4) is 0 Å². The van der Waals surface area contributed by atoms with Gasteiger partial charge in [-0.1, -0.05) is 343 Å². The van der Waals surface area contributed by atoms with Crippen LogP contribution in [0.15, 0.2) is 0 Å². The first kappa shape index (κ1) is 93.1. The van der Waals surface area contributed by atoms with E-state index in [4.69, 9.17) is 37.0 Å². The summed E-state index contributed by atoms with van der Waals surface area (Å²) < 4.78 is 68.6. The lowest BCUT2D eigenvalue weighted by Crippen LogP contribution is -2.30. The van der Waals surface area contributed by atoms with Gasteiger partial charge < -0.3 is 33.8 Å². The zero-order valence-corrected chi connectivity index (χ0v) is 63.8. The summed E-state index contributed by atoms with van der Waals surface area (Å²) in [4.78, 5) is 72.8. The van der Waals surface area contributed by atoms with Gasteiger partial charge in [0.25, 0.3) is 0 Å². The monoisotopic (exact) mass is 1400 g/mol. The Hall–Kier alpha value is -1.94. The minimum Gasteiger partial charge on any atom is -0.462 e. The van der Waals surface area contributed by atoms with E-state index in [-0.39, 0.29) is 25.7 Å². The number of hydrogen-bond acceptors (Lipinski definition) is 15. The molecule has 3 unspecified atom stereocenters. The highest BCUT2D eigenvalue weighted by atomic mass is 31.2. The molecular weight excluding hydrogens is 1250 g/mol. The standard InChI is InChI=1S/C76H148O17P2/c1-7-10-12-14-16-18-20-22-24-26-28-33-40-46-52-58-73(78)86-64-71(92-75(80)60-54-48-42-34-29-27-25-23-21-19-17-15-13-11-8-2)66-90-94(82,83)88-62-70(77)63-89-95(84,85)91-67-72(65-87-74(79)59-53-47-41-37-36-38-44-50-56-68(4)5)93-76(81)61-55-49-43-35-31-30-32-39-45-51-57-69(6)9-3/h68-72,77H,7-67H2,1-6H3,(H,82,83)(H,84,85)/t69?,70-,71-,72-/m1/s1. The van der Waals surface area contributed by atoms with Crippen LogP contribution in [-0.2, 0) is 65.4 Å². The molecule has 0 aromatic rings. The molecule has 0 aromatic carbocycles. The van der Waals surface area contributed by atoms with Crippen molar-refractivity contribution in [1.82, 2.24) is 0 Å². The van der Waals surface area contributed by atoms with Gasteiger partial charge in [0.05, 0.1) is 26.4 Å². The second-order valence-electron chi connectivity index (χ2n) is 28.1. The number of carbonyl (C=O) groups is 4. The van der Waals surface area contributed by atoms with Gasteiger partial charge in [0.1, 0.15) is 19.3 Å². The third-order valence-corrected chi connectivity index (χ3v) is 20.0. The van der Waals surface area contributed by atoms with Crippen molar-refractivity contribution in [3.63, 3.8) is 0 Å². The van der Waals surface area contributed by atoms with Gasteiger partial charge in [-0.2, -0.15) is 0 Å². The minimum atomic E-state index is -4.96. The molecule has 0 bridgehead atoms. The molecule has 17 nitrogen and oxygen atoms in total. The average Bonchev–Trinajstić information content (AvgIpc) is 1.54. The van der Waals surface area contributed by atoms with Crippen molar-refractivity contribution < 1.29 is 80.2 Å². The van der Waals surface area contributed by atoms with Crippen LogP contribution in [0, 0.1) is 11.8 Å². The molecule has 0 spiro atoms. The smallest absolute Gasteiger partial charge is 0.462 e. The first-order valence-corrected chi connectivity index (χ1v) is 42.5. The number of ether oxygens (including phenoxy) is 4. The SMILES string of the molecule is CCCCCCCCCCCCCCCCCC(=O)OC[C@H](COP(=O)(O)OC[C@@H](O)COP(=O)(O)OC[C@@H](COC(=O)CCCCCCCCCCC(C)C)OC(=O)CCCCCCCCCCCCC(C)CC)OC(=O)CCCCCCCCCCCCCCCCC. The number of phosphoric ester groups is 2. The molecule has 564 valence electrons. The van der Waals surface area contributed by atoms with Gasteiger partial charge in [-0.3, -0.25) is 37.3 Å². The number of esters is 4. The van der Waals surface area contributed by atoms with Gasteiger partial charge in [0.15, 0.2) is 12.2 Å². The Balaban J connectivity index is 5.26. The molecule has 0 aromatic heterocycles. The summed E-state index contributed by atoms with van der Waals surface area (Å²) in [5.41, 5.74) is 0. The maximum Gasteiger partial charge on any atom is 0.472 e. The van der Waals surface area contributed by atoms with Crippen LogP contribution >= 0.6 is 15.6 Å². The van der Waals surface area contributed by atoms with Crippen molar-refractivity contribution >= 4 is 39.5 Å². The molecule has 0 amide bonds. The number of phosphoric acid groups is 2. The van der Waals surface area contributed by atoms with Crippen molar-refractivity contribution in [2.45, 2.75) is 413 Å². The van der Waals surface area contributed by atoms with E-state index in [0.717, 1.165) is 102 Å². The van der Waals surface area contributed by atoms with Crippen LogP contribution in [0.2, 0.25) is 0 Å². The first-order valence-electron chi connectivity index (χ1n) is 39.5. The average molecular weight is 1400 g/mol. The Morgan fingerprint density at radius 2 is 0.537 bits per heavy atom. The van der Waals surface area contributed by atoms with E-state index in [0.29, 0.717) is 25.7 Å². The molecule has 0 heterocycles.